The van der Waals surface area contributed by atoms with Gasteiger partial charge in [-0.3, -0.25) is 4.79 Å². The van der Waals surface area contributed by atoms with Crippen molar-refractivity contribution in [3.05, 3.63) is 58.2 Å². The molecular weight excluding hydrogens is 310 g/mol. The Balaban J connectivity index is 1.84. The molecule has 0 radical (unpaired) electrons. The van der Waals surface area contributed by atoms with E-state index in [1.54, 1.807) is 6.07 Å². The van der Waals surface area contributed by atoms with Crippen LogP contribution in [0.3, 0.4) is 0 Å². The maximum Gasteiger partial charge on any atom is 0.224 e. The number of halogens is 1. The summed E-state index contributed by atoms with van der Waals surface area (Å²) in [5.41, 5.74) is 2.93. The highest BCUT2D eigenvalue weighted by molar-refractivity contribution is 6.31. The summed E-state index contributed by atoms with van der Waals surface area (Å²) in [6.07, 6.45) is 0.997. The van der Waals surface area contributed by atoms with E-state index in [0.717, 1.165) is 29.2 Å². The summed E-state index contributed by atoms with van der Waals surface area (Å²) in [7, 11) is 0. The third kappa shape index (κ3) is 5.25. The van der Waals surface area contributed by atoms with Gasteiger partial charge < -0.3 is 10.6 Å². The molecule has 0 unspecified atom stereocenters. The summed E-state index contributed by atoms with van der Waals surface area (Å²) >= 11 is 6.06. The van der Waals surface area contributed by atoms with Gasteiger partial charge in [0.2, 0.25) is 5.91 Å². The minimum atomic E-state index is -0.0304. The Morgan fingerprint density at radius 1 is 1.22 bits per heavy atom. The quantitative estimate of drug-likeness (QED) is 0.817. The molecule has 0 aliphatic heterocycles. The largest absolute Gasteiger partial charge is 0.370 e. The molecule has 4 nitrogen and oxygen atoms in total. The number of rotatable bonds is 7. The van der Waals surface area contributed by atoms with Gasteiger partial charge in [0.05, 0.1) is 6.42 Å². The van der Waals surface area contributed by atoms with E-state index in [-0.39, 0.29) is 5.91 Å². The molecule has 1 aromatic carbocycles. The SMILES string of the molecule is CCNc1nc(CCNC(=O)Cc2ccccc2Cl)ccc1C. The first kappa shape index (κ1) is 17.3. The molecule has 122 valence electrons. The Kier molecular flexibility index (Phi) is 6.41. The minimum absolute atomic E-state index is 0.0304. The van der Waals surface area contributed by atoms with Crippen LogP contribution < -0.4 is 10.6 Å². The molecule has 23 heavy (non-hydrogen) atoms. The van der Waals surface area contributed by atoms with Gasteiger partial charge in [0, 0.05) is 30.2 Å². The molecule has 0 bridgehead atoms. The van der Waals surface area contributed by atoms with Crippen LogP contribution in [0.2, 0.25) is 5.02 Å². The predicted molar refractivity (Wildman–Crippen MR) is 95.0 cm³/mol. The zero-order chi connectivity index (χ0) is 16.7. The van der Waals surface area contributed by atoms with Gasteiger partial charge in [-0.2, -0.15) is 0 Å². The van der Waals surface area contributed by atoms with Gasteiger partial charge in [0.25, 0.3) is 0 Å². The van der Waals surface area contributed by atoms with Crippen LogP contribution in [0, 0.1) is 6.92 Å². The molecule has 2 aromatic rings. The molecule has 2 rings (SSSR count). The van der Waals surface area contributed by atoms with Crippen molar-refractivity contribution in [2.75, 3.05) is 18.4 Å². The van der Waals surface area contributed by atoms with E-state index in [0.29, 0.717) is 24.4 Å². The number of pyridine rings is 1. The maximum absolute atomic E-state index is 12.0. The lowest BCUT2D eigenvalue weighted by Crippen LogP contribution is -2.27. The number of carbonyl (C=O) groups excluding carboxylic acids is 1. The van der Waals surface area contributed by atoms with Crippen molar-refractivity contribution in [3.63, 3.8) is 0 Å². The van der Waals surface area contributed by atoms with Crippen molar-refractivity contribution in [1.82, 2.24) is 10.3 Å². The zero-order valence-electron chi connectivity index (χ0n) is 13.5. The maximum atomic E-state index is 12.0. The first-order valence-electron chi connectivity index (χ1n) is 7.80. The van der Waals surface area contributed by atoms with Gasteiger partial charge in [-0.15, -0.1) is 0 Å². The number of nitrogens with one attached hydrogen (secondary N) is 2. The third-order valence-corrected chi connectivity index (χ3v) is 3.88. The number of benzene rings is 1. The van der Waals surface area contributed by atoms with Gasteiger partial charge in [-0.1, -0.05) is 35.9 Å². The molecule has 5 heteroatoms. The molecule has 0 fully saturated rings. The number of carbonyl (C=O) groups is 1. The Hall–Kier alpha value is -2.07. The second-order valence-electron chi connectivity index (χ2n) is 5.37. The van der Waals surface area contributed by atoms with E-state index in [9.17, 15) is 4.79 Å². The molecule has 1 amide bonds. The Labute approximate surface area is 142 Å². The molecule has 2 N–H and O–H groups in total. The average Bonchev–Trinajstić information content (AvgIpc) is 2.53. The van der Waals surface area contributed by atoms with Crippen LogP contribution >= 0.6 is 11.6 Å². The number of nitrogens with zero attached hydrogens (tertiary/aromatic N) is 1. The number of hydrogen-bond donors (Lipinski definition) is 2. The normalized spacial score (nSPS) is 10.4. The molecule has 0 spiro atoms. The monoisotopic (exact) mass is 331 g/mol. The van der Waals surface area contributed by atoms with E-state index in [2.05, 4.69) is 15.6 Å². The molecule has 0 atom stereocenters. The highest BCUT2D eigenvalue weighted by atomic mass is 35.5. The fourth-order valence-electron chi connectivity index (χ4n) is 2.26. The first-order chi connectivity index (χ1) is 11.1. The van der Waals surface area contributed by atoms with E-state index in [1.165, 1.54) is 0 Å². The molecule has 1 aromatic heterocycles. The number of anilines is 1. The summed E-state index contributed by atoms with van der Waals surface area (Å²) in [4.78, 5) is 16.5. The second kappa shape index (κ2) is 8.53. The molecule has 0 saturated heterocycles. The second-order valence-corrected chi connectivity index (χ2v) is 5.77. The summed E-state index contributed by atoms with van der Waals surface area (Å²) in [5.74, 6) is 0.879. The van der Waals surface area contributed by atoms with Gasteiger partial charge in [-0.05, 0) is 37.1 Å². The highest BCUT2D eigenvalue weighted by Crippen LogP contribution is 2.15. The van der Waals surface area contributed by atoms with Crippen molar-refractivity contribution >= 4 is 23.3 Å². The standard InChI is InChI=1S/C18H22ClN3O/c1-3-20-18-13(2)8-9-15(22-18)10-11-21-17(23)12-14-6-4-5-7-16(14)19/h4-9H,3,10-12H2,1-2H3,(H,20,22)(H,21,23). The van der Waals surface area contributed by atoms with Gasteiger partial charge >= 0.3 is 0 Å². The van der Waals surface area contributed by atoms with Gasteiger partial charge in [0.15, 0.2) is 0 Å². The van der Waals surface area contributed by atoms with Gasteiger partial charge in [0.1, 0.15) is 5.82 Å². The van der Waals surface area contributed by atoms with Crippen LogP contribution in [-0.4, -0.2) is 24.0 Å². The van der Waals surface area contributed by atoms with Gasteiger partial charge in [-0.25, -0.2) is 4.98 Å². The Morgan fingerprint density at radius 3 is 2.74 bits per heavy atom. The van der Waals surface area contributed by atoms with Crippen molar-refractivity contribution < 1.29 is 4.79 Å². The van der Waals surface area contributed by atoms with E-state index in [4.69, 9.17) is 11.6 Å². The molecule has 1 heterocycles. The van der Waals surface area contributed by atoms with Crippen LogP contribution in [0.4, 0.5) is 5.82 Å². The third-order valence-electron chi connectivity index (χ3n) is 3.51. The fourth-order valence-corrected chi connectivity index (χ4v) is 2.46. The van der Waals surface area contributed by atoms with E-state index >= 15 is 0 Å². The Morgan fingerprint density at radius 2 is 2.00 bits per heavy atom. The smallest absolute Gasteiger partial charge is 0.224 e. The number of amides is 1. The van der Waals surface area contributed by atoms with Crippen LogP contribution in [0.5, 0.6) is 0 Å². The van der Waals surface area contributed by atoms with Crippen molar-refractivity contribution in [2.45, 2.75) is 26.7 Å². The van der Waals surface area contributed by atoms with Crippen molar-refractivity contribution in [2.24, 2.45) is 0 Å². The topological polar surface area (TPSA) is 54.0 Å². The summed E-state index contributed by atoms with van der Waals surface area (Å²) in [6.45, 7) is 5.47. The predicted octanol–water partition coefficient (Wildman–Crippen LogP) is 3.38. The summed E-state index contributed by atoms with van der Waals surface area (Å²) in [5, 5.41) is 6.78. The molecule has 0 aliphatic carbocycles. The van der Waals surface area contributed by atoms with Crippen molar-refractivity contribution in [1.29, 1.82) is 0 Å². The fraction of sp³-hybridized carbons (Fsp3) is 0.333. The van der Waals surface area contributed by atoms with E-state index < -0.39 is 0 Å². The number of hydrogen-bond acceptors (Lipinski definition) is 3. The lowest BCUT2D eigenvalue weighted by molar-refractivity contribution is -0.120. The zero-order valence-corrected chi connectivity index (χ0v) is 14.3. The van der Waals surface area contributed by atoms with E-state index in [1.807, 2.05) is 44.2 Å². The Bertz CT molecular complexity index is 673. The summed E-state index contributed by atoms with van der Waals surface area (Å²) in [6, 6.07) is 11.4. The summed E-state index contributed by atoms with van der Waals surface area (Å²) < 4.78 is 0. The van der Waals surface area contributed by atoms with Crippen LogP contribution in [-0.2, 0) is 17.6 Å². The number of aromatic nitrogens is 1. The van der Waals surface area contributed by atoms with Crippen LogP contribution in [0.25, 0.3) is 0 Å². The number of aryl methyl sites for hydroxylation is 1. The molecule has 0 aliphatic rings. The minimum Gasteiger partial charge on any atom is -0.370 e. The lowest BCUT2D eigenvalue weighted by Gasteiger charge is -2.10. The van der Waals surface area contributed by atoms with Crippen LogP contribution in [0.1, 0.15) is 23.7 Å². The molecule has 0 saturated carbocycles. The van der Waals surface area contributed by atoms with Crippen molar-refractivity contribution in [3.8, 4) is 0 Å². The lowest BCUT2D eigenvalue weighted by atomic mass is 10.1. The van der Waals surface area contributed by atoms with Crippen LogP contribution in [0.15, 0.2) is 36.4 Å². The average molecular weight is 332 g/mol. The molecular formula is C18H22ClN3O. The first-order valence-corrected chi connectivity index (χ1v) is 8.18. The highest BCUT2D eigenvalue weighted by Gasteiger charge is 2.07.